The smallest absolute Gasteiger partial charge is 0.151 e. The molecular weight excluding hydrogens is 306 g/mol. The third-order valence-electron chi connectivity index (χ3n) is 4.66. The van der Waals surface area contributed by atoms with Crippen LogP contribution in [0.25, 0.3) is 0 Å². The van der Waals surface area contributed by atoms with Crippen molar-refractivity contribution in [2.75, 3.05) is 31.6 Å². The molecule has 1 unspecified atom stereocenters. The number of thiazole rings is 1. The van der Waals surface area contributed by atoms with Crippen LogP contribution in [0.1, 0.15) is 28.2 Å². The number of hydrogen-bond acceptors (Lipinski definition) is 6. The van der Waals surface area contributed by atoms with E-state index in [1.165, 1.54) is 22.6 Å². The van der Waals surface area contributed by atoms with Crippen molar-refractivity contribution < 1.29 is 0 Å². The first-order chi connectivity index (χ1) is 11.0. The van der Waals surface area contributed by atoms with Crippen molar-refractivity contribution in [2.24, 2.45) is 5.92 Å². The van der Waals surface area contributed by atoms with Crippen LogP contribution in [0.4, 0.5) is 5.82 Å². The van der Waals surface area contributed by atoms with Gasteiger partial charge in [0.15, 0.2) is 5.82 Å². The predicted molar refractivity (Wildman–Crippen MR) is 95.0 cm³/mol. The van der Waals surface area contributed by atoms with Crippen LogP contribution in [0.3, 0.4) is 0 Å². The van der Waals surface area contributed by atoms with Gasteiger partial charge in [-0.25, -0.2) is 4.98 Å². The molecule has 1 aliphatic rings. The van der Waals surface area contributed by atoms with Crippen LogP contribution in [0, 0.1) is 26.7 Å². The quantitative estimate of drug-likeness (QED) is 0.843. The molecule has 23 heavy (non-hydrogen) atoms. The van der Waals surface area contributed by atoms with E-state index in [1.54, 1.807) is 11.3 Å². The van der Waals surface area contributed by atoms with Crippen molar-refractivity contribution in [1.82, 2.24) is 20.1 Å². The van der Waals surface area contributed by atoms with E-state index >= 15 is 0 Å². The summed E-state index contributed by atoms with van der Waals surface area (Å²) in [5.41, 5.74) is 5.34. The fourth-order valence-electron chi connectivity index (χ4n) is 3.10. The van der Waals surface area contributed by atoms with Gasteiger partial charge in [0.05, 0.1) is 16.9 Å². The lowest BCUT2D eigenvalue weighted by Crippen LogP contribution is -2.28. The molecule has 1 fully saturated rings. The maximum atomic E-state index is 4.36. The lowest BCUT2D eigenvalue weighted by atomic mass is 10.1. The van der Waals surface area contributed by atoms with Crippen LogP contribution in [0.15, 0.2) is 11.6 Å². The van der Waals surface area contributed by atoms with Crippen LogP contribution in [0.2, 0.25) is 0 Å². The van der Waals surface area contributed by atoms with Gasteiger partial charge in [-0.1, -0.05) is 0 Å². The Hall–Kier alpha value is -1.53. The average Bonchev–Trinajstić information content (AvgIpc) is 3.12. The fraction of sp³-hybridized carbons (Fsp3) is 0.588. The Bertz CT molecular complexity index is 669. The molecule has 0 bridgehead atoms. The minimum atomic E-state index is 0.691. The molecule has 0 saturated carbocycles. The van der Waals surface area contributed by atoms with Gasteiger partial charge in [-0.15, -0.1) is 16.4 Å². The Morgan fingerprint density at radius 2 is 2.09 bits per heavy atom. The minimum Gasteiger partial charge on any atom is -0.355 e. The standard InChI is InChI=1S/C17H25N5S/c1-12-7-17(20-19-13(12)2)22-6-5-15(9-22)8-21(4)10-16-14(3)18-11-23-16/h7,11,15H,5-6,8-10H2,1-4H3. The summed E-state index contributed by atoms with van der Waals surface area (Å²) in [7, 11) is 2.21. The highest BCUT2D eigenvalue weighted by Gasteiger charge is 2.25. The van der Waals surface area contributed by atoms with E-state index in [0.717, 1.165) is 37.7 Å². The number of anilines is 1. The Balaban J connectivity index is 1.55. The van der Waals surface area contributed by atoms with Crippen molar-refractivity contribution in [1.29, 1.82) is 0 Å². The van der Waals surface area contributed by atoms with Crippen LogP contribution < -0.4 is 4.90 Å². The second-order valence-electron chi connectivity index (χ2n) is 6.63. The molecular formula is C17H25N5S. The van der Waals surface area contributed by atoms with Gasteiger partial charge >= 0.3 is 0 Å². The molecule has 0 N–H and O–H groups in total. The summed E-state index contributed by atoms with van der Waals surface area (Å²) < 4.78 is 0. The molecule has 5 nitrogen and oxygen atoms in total. The van der Waals surface area contributed by atoms with E-state index in [9.17, 15) is 0 Å². The van der Waals surface area contributed by atoms with Gasteiger partial charge in [-0.05, 0) is 51.8 Å². The number of rotatable bonds is 5. The molecule has 2 aromatic rings. The largest absolute Gasteiger partial charge is 0.355 e. The van der Waals surface area contributed by atoms with Crippen LogP contribution in [-0.2, 0) is 6.54 Å². The molecule has 0 aromatic carbocycles. The normalized spacial score (nSPS) is 18.1. The molecule has 0 radical (unpaired) electrons. The van der Waals surface area contributed by atoms with Gasteiger partial charge in [0, 0.05) is 31.1 Å². The van der Waals surface area contributed by atoms with Crippen LogP contribution >= 0.6 is 11.3 Å². The van der Waals surface area contributed by atoms with Gasteiger partial charge in [-0.3, -0.25) is 0 Å². The number of nitrogens with zero attached hydrogens (tertiary/aromatic N) is 5. The SMILES string of the molecule is Cc1cc(N2CCC(CN(C)Cc3scnc3C)C2)nnc1C. The molecule has 0 aliphatic carbocycles. The van der Waals surface area contributed by atoms with E-state index < -0.39 is 0 Å². The summed E-state index contributed by atoms with van der Waals surface area (Å²) in [4.78, 5) is 10.5. The van der Waals surface area contributed by atoms with Gasteiger partial charge < -0.3 is 9.80 Å². The van der Waals surface area contributed by atoms with Crippen LogP contribution in [0.5, 0.6) is 0 Å². The van der Waals surface area contributed by atoms with Crippen molar-refractivity contribution in [2.45, 2.75) is 33.7 Å². The first kappa shape index (κ1) is 16.3. The highest BCUT2D eigenvalue weighted by atomic mass is 32.1. The Morgan fingerprint density at radius 3 is 2.78 bits per heavy atom. The maximum Gasteiger partial charge on any atom is 0.151 e. The first-order valence-corrected chi connectivity index (χ1v) is 9.04. The van der Waals surface area contributed by atoms with Gasteiger partial charge in [-0.2, -0.15) is 5.10 Å². The van der Waals surface area contributed by atoms with Gasteiger partial charge in [0.1, 0.15) is 0 Å². The Kier molecular flexibility index (Phi) is 4.92. The van der Waals surface area contributed by atoms with Crippen molar-refractivity contribution in [3.63, 3.8) is 0 Å². The monoisotopic (exact) mass is 331 g/mol. The number of aryl methyl sites for hydroxylation is 3. The zero-order valence-corrected chi connectivity index (χ0v) is 15.2. The highest BCUT2D eigenvalue weighted by molar-refractivity contribution is 7.09. The summed E-state index contributed by atoms with van der Waals surface area (Å²) in [5.74, 6) is 1.72. The summed E-state index contributed by atoms with van der Waals surface area (Å²) in [5, 5.41) is 8.62. The summed E-state index contributed by atoms with van der Waals surface area (Å²) in [6.45, 7) is 10.5. The zero-order chi connectivity index (χ0) is 16.4. The topological polar surface area (TPSA) is 45.2 Å². The molecule has 1 atom stereocenters. The second-order valence-corrected chi connectivity index (χ2v) is 7.57. The molecule has 3 heterocycles. The van der Waals surface area contributed by atoms with Gasteiger partial charge in [0.25, 0.3) is 0 Å². The van der Waals surface area contributed by atoms with E-state index in [0.29, 0.717) is 5.92 Å². The molecule has 3 rings (SSSR count). The lowest BCUT2D eigenvalue weighted by Gasteiger charge is -2.21. The number of aromatic nitrogens is 3. The third kappa shape index (κ3) is 3.87. The molecule has 6 heteroatoms. The molecule has 1 saturated heterocycles. The third-order valence-corrected chi connectivity index (χ3v) is 5.58. The van der Waals surface area contributed by atoms with Crippen molar-refractivity contribution in [3.05, 3.63) is 33.4 Å². The summed E-state index contributed by atoms with van der Waals surface area (Å²) >= 11 is 1.75. The maximum absolute atomic E-state index is 4.36. The fourth-order valence-corrected chi connectivity index (χ4v) is 3.96. The van der Waals surface area contributed by atoms with E-state index in [1.807, 2.05) is 12.4 Å². The average molecular weight is 331 g/mol. The van der Waals surface area contributed by atoms with Crippen LogP contribution in [-0.4, -0.2) is 46.8 Å². The summed E-state index contributed by atoms with van der Waals surface area (Å²) in [6, 6.07) is 2.16. The lowest BCUT2D eigenvalue weighted by molar-refractivity contribution is 0.281. The minimum absolute atomic E-state index is 0.691. The predicted octanol–water partition coefficient (Wildman–Crippen LogP) is 2.82. The van der Waals surface area contributed by atoms with Crippen molar-refractivity contribution in [3.8, 4) is 0 Å². The van der Waals surface area contributed by atoms with E-state index in [2.05, 4.69) is 51.9 Å². The molecule has 0 spiro atoms. The van der Waals surface area contributed by atoms with Crippen molar-refractivity contribution >= 4 is 17.2 Å². The number of hydrogen-bond donors (Lipinski definition) is 0. The highest BCUT2D eigenvalue weighted by Crippen LogP contribution is 2.24. The molecule has 1 aliphatic heterocycles. The Morgan fingerprint density at radius 1 is 1.26 bits per heavy atom. The second kappa shape index (κ2) is 6.93. The van der Waals surface area contributed by atoms with E-state index in [4.69, 9.17) is 0 Å². The molecule has 0 amide bonds. The Labute approximate surface area is 142 Å². The zero-order valence-electron chi connectivity index (χ0n) is 14.4. The molecule has 124 valence electrons. The first-order valence-electron chi connectivity index (χ1n) is 8.16. The summed E-state index contributed by atoms with van der Waals surface area (Å²) in [6.07, 6.45) is 1.22. The van der Waals surface area contributed by atoms with Gasteiger partial charge in [0.2, 0.25) is 0 Å². The molecule has 2 aromatic heterocycles. The van der Waals surface area contributed by atoms with E-state index in [-0.39, 0.29) is 0 Å².